The Morgan fingerprint density at radius 1 is 0.800 bits per heavy atom. The van der Waals surface area contributed by atoms with E-state index in [0.717, 1.165) is 33.8 Å². The third-order valence-electron chi connectivity index (χ3n) is 7.58. The van der Waals surface area contributed by atoms with Crippen LogP contribution in [0.25, 0.3) is 0 Å². The first-order valence-electron chi connectivity index (χ1n) is 15.1. The Hall–Kier alpha value is -4.50. The first-order valence-corrected chi connectivity index (χ1v) is 16.5. The van der Waals surface area contributed by atoms with E-state index in [9.17, 15) is 22.4 Å². The molecule has 9 heteroatoms. The van der Waals surface area contributed by atoms with Gasteiger partial charge in [-0.1, -0.05) is 91.2 Å². The van der Waals surface area contributed by atoms with Crippen LogP contribution < -0.4 is 9.62 Å². The molecule has 1 atom stereocenters. The van der Waals surface area contributed by atoms with E-state index in [1.54, 1.807) is 48.5 Å². The maximum Gasteiger partial charge on any atom is 0.264 e. The molecule has 0 fully saturated rings. The van der Waals surface area contributed by atoms with E-state index in [1.165, 1.54) is 29.2 Å². The molecule has 0 radical (unpaired) electrons. The van der Waals surface area contributed by atoms with Gasteiger partial charge in [0, 0.05) is 19.5 Å². The van der Waals surface area contributed by atoms with Gasteiger partial charge in [0.1, 0.15) is 18.4 Å². The fourth-order valence-corrected chi connectivity index (χ4v) is 6.34. The Balaban J connectivity index is 1.78. The summed E-state index contributed by atoms with van der Waals surface area (Å²) >= 11 is 0. The minimum Gasteiger partial charge on any atom is -0.354 e. The smallest absolute Gasteiger partial charge is 0.264 e. The number of halogens is 1. The van der Waals surface area contributed by atoms with Crippen LogP contribution in [0.3, 0.4) is 0 Å². The summed E-state index contributed by atoms with van der Waals surface area (Å²) < 4.78 is 43.1. The predicted molar refractivity (Wildman–Crippen MR) is 176 cm³/mol. The van der Waals surface area contributed by atoms with Crippen LogP contribution in [0.2, 0.25) is 0 Å². The molecule has 0 aliphatic heterocycles. The highest BCUT2D eigenvalue weighted by Gasteiger charge is 2.34. The largest absolute Gasteiger partial charge is 0.354 e. The lowest BCUT2D eigenvalue weighted by atomic mass is 10.0. The normalized spacial score (nSPS) is 11.9. The van der Waals surface area contributed by atoms with Crippen molar-refractivity contribution in [1.29, 1.82) is 0 Å². The van der Waals surface area contributed by atoms with Gasteiger partial charge in [-0.3, -0.25) is 13.9 Å². The van der Waals surface area contributed by atoms with E-state index in [0.29, 0.717) is 17.8 Å². The third-order valence-corrected chi connectivity index (χ3v) is 9.36. The molecule has 0 bridgehead atoms. The Morgan fingerprint density at radius 2 is 1.40 bits per heavy atom. The van der Waals surface area contributed by atoms with Crippen molar-refractivity contribution in [1.82, 2.24) is 10.2 Å². The highest BCUT2D eigenvalue weighted by molar-refractivity contribution is 7.92. The van der Waals surface area contributed by atoms with Crippen molar-refractivity contribution in [3.8, 4) is 0 Å². The van der Waals surface area contributed by atoms with Crippen LogP contribution in [0.5, 0.6) is 0 Å². The Kier molecular flexibility index (Phi) is 11.5. The number of anilines is 1. The van der Waals surface area contributed by atoms with Crippen LogP contribution >= 0.6 is 0 Å². The van der Waals surface area contributed by atoms with E-state index < -0.39 is 34.3 Å². The van der Waals surface area contributed by atoms with E-state index in [1.807, 2.05) is 51.1 Å². The highest BCUT2D eigenvalue weighted by atomic mass is 32.2. The minimum absolute atomic E-state index is 0.0237. The van der Waals surface area contributed by atoms with Crippen molar-refractivity contribution >= 4 is 27.5 Å². The maximum absolute atomic E-state index is 14.4. The van der Waals surface area contributed by atoms with Gasteiger partial charge in [0.15, 0.2) is 0 Å². The molecule has 236 valence electrons. The van der Waals surface area contributed by atoms with E-state index in [2.05, 4.69) is 5.32 Å². The molecule has 1 N–H and O–H groups in total. The fourth-order valence-electron chi connectivity index (χ4n) is 4.92. The number of amides is 2. The lowest BCUT2D eigenvalue weighted by Gasteiger charge is -2.34. The molecule has 7 nitrogen and oxygen atoms in total. The van der Waals surface area contributed by atoms with E-state index >= 15 is 0 Å². The number of sulfonamides is 1. The average molecular weight is 630 g/mol. The van der Waals surface area contributed by atoms with Gasteiger partial charge in [0.25, 0.3) is 10.0 Å². The van der Waals surface area contributed by atoms with Gasteiger partial charge in [-0.25, -0.2) is 12.8 Å². The van der Waals surface area contributed by atoms with Gasteiger partial charge in [-0.15, -0.1) is 0 Å². The summed E-state index contributed by atoms with van der Waals surface area (Å²) in [6.07, 6.45) is 1.86. The van der Waals surface area contributed by atoms with Crippen molar-refractivity contribution in [2.24, 2.45) is 0 Å². The molecule has 0 aliphatic rings. The molecule has 0 unspecified atom stereocenters. The summed E-state index contributed by atoms with van der Waals surface area (Å²) in [6.45, 7) is 5.65. The van der Waals surface area contributed by atoms with Crippen molar-refractivity contribution in [2.75, 3.05) is 17.4 Å². The van der Waals surface area contributed by atoms with Crippen LogP contribution in [-0.4, -0.2) is 44.3 Å². The van der Waals surface area contributed by atoms with Crippen LogP contribution in [0.1, 0.15) is 42.0 Å². The SMILES string of the molecule is CCCCNC(=O)[C@@H](Cc1ccccc1)N(Cc1ccc(F)cc1)C(=O)CN(c1ccc(C)cc1)S(=O)(=O)c1ccc(C)cc1. The summed E-state index contributed by atoms with van der Waals surface area (Å²) in [4.78, 5) is 29.6. The minimum atomic E-state index is -4.18. The number of nitrogens with one attached hydrogen (secondary N) is 1. The molecule has 0 spiro atoms. The molecular weight excluding hydrogens is 589 g/mol. The van der Waals surface area contributed by atoms with Crippen LogP contribution in [-0.2, 0) is 32.6 Å². The summed E-state index contributed by atoms with van der Waals surface area (Å²) in [7, 11) is -4.18. The van der Waals surface area contributed by atoms with Crippen molar-refractivity contribution in [3.05, 3.63) is 131 Å². The molecule has 0 saturated heterocycles. The van der Waals surface area contributed by atoms with Crippen molar-refractivity contribution in [3.63, 3.8) is 0 Å². The number of nitrogens with zero attached hydrogens (tertiary/aromatic N) is 2. The molecule has 2 amide bonds. The summed E-state index contributed by atoms with van der Waals surface area (Å²) in [6, 6.07) is 27.5. The van der Waals surface area contributed by atoms with E-state index in [4.69, 9.17) is 0 Å². The zero-order chi connectivity index (χ0) is 32.4. The Morgan fingerprint density at radius 3 is 2.00 bits per heavy atom. The van der Waals surface area contributed by atoms with Crippen molar-refractivity contribution in [2.45, 2.75) is 57.5 Å². The van der Waals surface area contributed by atoms with Gasteiger partial charge in [0.05, 0.1) is 10.6 Å². The van der Waals surface area contributed by atoms with Crippen LogP contribution in [0.4, 0.5) is 10.1 Å². The molecule has 4 rings (SSSR count). The van der Waals surface area contributed by atoms with Gasteiger partial charge in [0.2, 0.25) is 11.8 Å². The monoisotopic (exact) mass is 629 g/mol. The number of unbranched alkanes of at least 4 members (excludes halogenated alkanes) is 1. The molecule has 0 aromatic heterocycles. The highest BCUT2D eigenvalue weighted by Crippen LogP contribution is 2.26. The number of carbonyl (C=O) groups is 2. The first kappa shape index (κ1) is 33.4. The maximum atomic E-state index is 14.4. The molecule has 4 aromatic carbocycles. The summed E-state index contributed by atoms with van der Waals surface area (Å²) in [5, 5.41) is 2.96. The molecule has 4 aromatic rings. The number of hydrogen-bond acceptors (Lipinski definition) is 4. The number of hydrogen-bond donors (Lipinski definition) is 1. The summed E-state index contributed by atoms with van der Waals surface area (Å²) in [5.74, 6) is -1.34. The standard InChI is InChI=1S/C36H40FN3O4S/c1-4-5-23-38-36(42)34(24-29-9-7-6-8-10-29)39(25-30-15-17-31(37)18-16-30)35(41)26-40(32-19-11-27(2)12-20-32)45(43,44)33-21-13-28(3)14-22-33/h6-22,34H,4-5,23-26H2,1-3H3,(H,38,42)/t34-/m1/s1. The molecule has 0 saturated carbocycles. The number of carbonyl (C=O) groups excluding carboxylic acids is 2. The van der Waals surface area contributed by atoms with Gasteiger partial charge >= 0.3 is 0 Å². The van der Waals surface area contributed by atoms with Gasteiger partial charge < -0.3 is 10.2 Å². The second-order valence-corrected chi connectivity index (χ2v) is 13.0. The number of benzene rings is 4. The van der Waals surface area contributed by atoms with Gasteiger partial charge in [-0.05, 0) is 67.8 Å². The average Bonchev–Trinajstić information content (AvgIpc) is 3.03. The van der Waals surface area contributed by atoms with E-state index in [-0.39, 0.29) is 23.8 Å². The third kappa shape index (κ3) is 9.01. The zero-order valence-corrected chi connectivity index (χ0v) is 26.8. The molecular formula is C36H40FN3O4S. The topological polar surface area (TPSA) is 86.8 Å². The lowest BCUT2D eigenvalue weighted by Crippen LogP contribution is -2.53. The second kappa shape index (κ2) is 15.5. The fraction of sp³-hybridized carbons (Fsp3) is 0.278. The predicted octanol–water partition coefficient (Wildman–Crippen LogP) is 6.19. The molecule has 0 heterocycles. The molecule has 0 aliphatic carbocycles. The molecule has 45 heavy (non-hydrogen) atoms. The Labute approximate surface area is 265 Å². The first-order chi connectivity index (χ1) is 21.6. The van der Waals surface area contributed by atoms with Gasteiger partial charge in [-0.2, -0.15) is 0 Å². The quantitative estimate of drug-likeness (QED) is 0.169. The lowest BCUT2D eigenvalue weighted by molar-refractivity contribution is -0.140. The van der Waals surface area contributed by atoms with Crippen molar-refractivity contribution < 1.29 is 22.4 Å². The second-order valence-electron chi connectivity index (χ2n) is 11.2. The summed E-state index contributed by atoms with van der Waals surface area (Å²) in [5.41, 5.74) is 3.60. The Bertz CT molecular complexity index is 1660. The zero-order valence-electron chi connectivity index (χ0n) is 25.9. The number of rotatable bonds is 14. The van der Waals surface area contributed by atoms with Crippen LogP contribution in [0, 0.1) is 19.7 Å². The number of aryl methyl sites for hydroxylation is 2. The van der Waals surface area contributed by atoms with Crippen LogP contribution in [0.15, 0.2) is 108 Å².